The first-order chi connectivity index (χ1) is 9.20. The summed E-state index contributed by atoms with van der Waals surface area (Å²) in [5.41, 5.74) is 0.729. The molecule has 0 spiro atoms. The fraction of sp³-hybridized carbons (Fsp3) is 0.533. The first-order valence-corrected chi connectivity index (χ1v) is 7.93. The van der Waals surface area contributed by atoms with Crippen molar-refractivity contribution in [2.45, 2.75) is 32.6 Å². The van der Waals surface area contributed by atoms with Crippen molar-refractivity contribution in [3.8, 4) is 0 Å². The van der Waals surface area contributed by atoms with Gasteiger partial charge in [-0.15, -0.1) is 0 Å². The third-order valence-electron chi connectivity index (χ3n) is 3.04. The first kappa shape index (κ1) is 16.4. The molecular weight excluding hydrogens is 353 g/mol. The van der Waals surface area contributed by atoms with Gasteiger partial charge < -0.3 is 10.0 Å². The lowest BCUT2D eigenvalue weighted by atomic mass is 10.1. The topological polar surface area (TPSA) is 40.5 Å². The van der Waals surface area contributed by atoms with Gasteiger partial charge in [-0.25, -0.2) is 0 Å². The smallest absolute Gasteiger partial charge is 0.255 e. The van der Waals surface area contributed by atoms with Crippen LogP contribution in [0.25, 0.3) is 0 Å². The van der Waals surface area contributed by atoms with Crippen LogP contribution in [0.4, 0.5) is 0 Å². The predicted octanol–water partition coefficient (Wildman–Crippen LogP) is 3.31. The highest BCUT2D eigenvalue weighted by Gasteiger charge is 2.16. The molecule has 3 nitrogen and oxygen atoms in total. The Kier molecular flexibility index (Phi) is 8.05. The van der Waals surface area contributed by atoms with Gasteiger partial charge >= 0.3 is 0 Å². The van der Waals surface area contributed by atoms with Crippen LogP contribution < -0.4 is 0 Å². The lowest BCUT2D eigenvalue weighted by molar-refractivity contribution is 0.0717. The zero-order valence-corrected chi connectivity index (χ0v) is 13.6. The van der Waals surface area contributed by atoms with E-state index in [1.54, 1.807) is 4.90 Å². The van der Waals surface area contributed by atoms with Gasteiger partial charge in [0.05, 0.1) is 12.2 Å². The summed E-state index contributed by atoms with van der Waals surface area (Å²) in [7, 11) is 0. The van der Waals surface area contributed by atoms with Gasteiger partial charge in [0.25, 0.3) is 5.91 Å². The maximum Gasteiger partial charge on any atom is 0.255 e. The van der Waals surface area contributed by atoms with Crippen LogP contribution in [0.1, 0.15) is 43.0 Å². The van der Waals surface area contributed by atoms with Gasteiger partial charge in [-0.3, -0.25) is 4.79 Å². The molecule has 0 aliphatic carbocycles. The molecule has 19 heavy (non-hydrogen) atoms. The summed E-state index contributed by atoms with van der Waals surface area (Å²) in [5.74, 6) is 0.0237. The minimum absolute atomic E-state index is 0.0168. The maximum absolute atomic E-state index is 12.4. The summed E-state index contributed by atoms with van der Waals surface area (Å²) in [4.78, 5) is 14.2. The summed E-state index contributed by atoms with van der Waals surface area (Å²) in [6, 6.07) is 7.59. The number of carbonyl (C=O) groups is 1. The average Bonchev–Trinajstić information content (AvgIpc) is 2.42. The molecule has 0 aromatic heterocycles. The van der Waals surface area contributed by atoms with Crippen LogP contribution in [-0.2, 0) is 0 Å². The molecule has 0 bridgehead atoms. The highest BCUT2D eigenvalue weighted by atomic mass is 127. The number of aliphatic hydroxyl groups is 1. The molecule has 4 heteroatoms. The number of hydrogen-bond acceptors (Lipinski definition) is 2. The second-order valence-corrected chi connectivity index (χ2v) is 5.72. The van der Waals surface area contributed by atoms with Crippen molar-refractivity contribution in [3.05, 3.63) is 33.4 Å². The molecule has 0 saturated heterocycles. The van der Waals surface area contributed by atoms with Crippen LogP contribution in [0.3, 0.4) is 0 Å². The SMILES string of the molecule is CCCCCCN(CCO)C(=O)c1ccccc1I. The highest BCUT2D eigenvalue weighted by Crippen LogP contribution is 2.14. The average molecular weight is 375 g/mol. The third-order valence-corrected chi connectivity index (χ3v) is 3.98. The molecule has 0 fully saturated rings. The molecule has 0 aliphatic heterocycles. The molecule has 0 atom stereocenters. The summed E-state index contributed by atoms with van der Waals surface area (Å²) >= 11 is 2.18. The van der Waals surface area contributed by atoms with Crippen LogP contribution in [0.5, 0.6) is 0 Å². The van der Waals surface area contributed by atoms with Gasteiger partial charge in [-0.1, -0.05) is 38.3 Å². The Bertz CT molecular complexity index is 395. The van der Waals surface area contributed by atoms with Crippen LogP contribution in [0.15, 0.2) is 24.3 Å². The summed E-state index contributed by atoms with van der Waals surface area (Å²) in [6.45, 7) is 3.33. The molecule has 1 amide bonds. The summed E-state index contributed by atoms with van der Waals surface area (Å²) in [5, 5.41) is 9.11. The molecule has 0 radical (unpaired) electrons. The predicted molar refractivity (Wildman–Crippen MR) is 86.3 cm³/mol. The van der Waals surface area contributed by atoms with Crippen LogP contribution >= 0.6 is 22.6 Å². The van der Waals surface area contributed by atoms with Crippen molar-refractivity contribution < 1.29 is 9.90 Å². The Hall–Kier alpha value is -0.620. The molecule has 106 valence electrons. The van der Waals surface area contributed by atoms with E-state index < -0.39 is 0 Å². The number of amides is 1. The van der Waals surface area contributed by atoms with E-state index in [4.69, 9.17) is 5.11 Å². The lowest BCUT2D eigenvalue weighted by Gasteiger charge is -2.22. The quantitative estimate of drug-likeness (QED) is 0.560. The molecule has 1 aromatic rings. The van der Waals surface area contributed by atoms with E-state index in [1.165, 1.54) is 12.8 Å². The van der Waals surface area contributed by atoms with E-state index in [1.807, 2.05) is 24.3 Å². The Morgan fingerprint density at radius 3 is 2.58 bits per heavy atom. The van der Waals surface area contributed by atoms with E-state index in [2.05, 4.69) is 29.5 Å². The second-order valence-electron chi connectivity index (χ2n) is 4.56. The van der Waals surface area contributed by atoms with E-state index >= 15 is 0 Å². The Morgan fingerprint density at radius 1 is 1.21 bits per heavy atom. The van der Waals surface area contributed by atoms with Crippen molar-refractivity contribution in [2.24, 2.45) is 0 Å². The summed E-state index contributed by atoms with van der Waals surface area (Å²) < 4.78 is 0.960. The largest absolute Gasteiger partial charge is 0.395 e. The maximum atomic E-state index is 12.4. The fourth-order valence-corrected chi connectivity index (χ4v) is 2.59. The van der Waals surface area contributed by atoms with E-state index in [-0.39, 0.29) is 12.5 Å². The van der Waals surface area contributed by atoms with Crippen LogP contribution in [0.2, 0.25) is 0 Å². The van der Waals surface area contributed by atoms with Gasteiger partial charge in [0.2, 0.25) is 0 Å². The van der Waals surface area contributed by atoms with Crippen molar-refractivity contribution in [3.63, 3.8) is 0 Å². The van der Waals surface area contributed by atoms with Crippen molar-refractivity contribution >= 4 is 28.5 Å². The minimum atomic E-state index is 0.0168. The molecule has 0 saturated carbocycles. The zero-order valence-electron chi connectivity index (χ0n) is 11.4. The van der Waals surface area contributed by atoms with Gasteiger partial charge in [-0.05, 0) is 41.1 Å². The number of benzene rings is 1. The highest BCUT2D eigenvalue weighted by molar-refractivity contribution is 14.1. The molecule has 1 N–H and O–H groups in total. The fourth-order valence-electron chi connectivity index (χ4n) is 1.97. The van der Waals surface area contributed by atoms with Gasteiger partial charge in [0.15, 0.2) is 0 Å². The molecule has 1 rings (SSSR count). The van der Waals surface area contributed by atoms with E-state index in [0.29, 0.717) is 6.54 Å². The Balaban J connectivity index is 2.64. The van der Waals surface area contributed by atoms with E-state index in [9.17, 15) is 4.79 Å². The van der Waals surface area contributed by atoms with Gasteiger partial charge in [0.1, 0.15) is 0 Å². The number of hydrogen-bond donors (Lipinski definition) is 1. The summed E-state index contributed by atoms with van der Waals surface area (Å²) in [6.07, 6.45) is 4.52. The Labute approximate surface area is 129 Å². The molecule has 0 heterocycles. The third kappa shape index (κ3) is 5.48. The van der Waals surface area contributed by atoms with Crippen molar-refractivity contribution in [2.75, 3.05) is 19.7 Å². The first-order valence-electron chi connectivity index (χ1n) is 6.85. The second kappa shape index (κ2) is 9.31. The lowest BCUT2D eigenvalue weighted by Crippen LogP contribution is -2.34. The Morgan fingerprint density at radius 2 is 1.95 bits per heavy atom. The monoisotopic (exact) mass is 375 g/mol. The molecule has 0 unspecified atom stereocenters. The molecule has 1 aromatic carbocycles. The number of halogens is 1. The molecular formula is C15H22INO2. The number of nitrogens with zero attached hydrogens (tertiary/aromatic N) is 1. The van der Waals surface area contributed by atoms with Crippen LogP contribution in [0, 0.1) is 3.57 Å². The van der Waals surface area contributed by atoms with E-state index in [0.717, 1.165) is 28.5 Å². The van der Waals surface area contributed by atoms with Crippen LogP contribution in [-0.4, -0.2) is 35.6 Å². The number of carbonyl (C=O) groups excluding carboxylic acids is 1. The van der Waals surface area contributed by atoms with Crippen molar-refractivity contribution in [1.29, 1.82) is 0 Å². The zero-order chi connectivity index (χ0) is 14.1. The number of rotatable bonds is 8. The molecule has 0 aliphatic rings. The number of aliphatic hydroxyl groups excluding tert-OH is 1. The standard InChI is InChI=1S/C15H22INO2/c1-2-3-4-7-10-17(11-12-18)15(19)13-8-5-6-9-14(13)16/h5-6,8-9,18H,2-4,7,10-12H2,1H3. The van der Waals surface area contributed by atoms with Gasteiger partial charge in [-0.2, -0.15) is 0 Å². The minimum Gasteiger partial charge on any atom is -0.395 e. The normalized spacial score (nSPS) is 10.5. The van der Waals surface area contributed by atoms with Crippen molar-refractivity contribution in [1.82, 2.24) is 4.90 Å². The number of unbranched alkanes of at least 4 members (excludes halogenated alkanes) is 3. The van der Waals surface area contributed by atoms with Gasteiger partial charge in [0, 0.05) is 16.7 Å².